The number of aliphatic imine (C=N–C) groups is 1. The van der Waals surface area contributed by atoms with Gasteiger partial charge in [-0.15, -0.1) is 24.0 Å². The maximum absolute atomic E-state index is 12.1. The number of ether oxygens (including phenoxy) is 1. The molecule has 0 spiro atoms. The minimum atomic E-state index is -0.140. The van der Waals surface area contributed by atoms with E-state index in [1.165, 1.54) is 0 Å². The lowest BCUT2D eigenvalue weighted by atomic mass is 9.58. The van der Waals surface area contributed by atoms with Crippen LogP contribution in [-0.2, 0) is 9.53 Å². The Balaban J connectivity index is 0.00000364. The van der Waals surface area contributed by atoms with Gasteiger partial charge in [0.2, 0.25) is 5.91 Å². The first kappa shape index (κ1) is 23.6. The Bertz CT molecular complexity index is 607. The molecule has 3 N–H and O–H groups in total. The highest BCUT2D eigenvalue weighted by Gasteiger charge is 2.53. The molecule has 2 rings (SSSR count). The predicted molar refractivity (Wildman–Crippen MR) is 120 cm³/mol. The van der Waals surface area contributed by atoms with E-state index in [-0.39, 0.29) is 47.9 Å². The third-order valence-corrected chi connectivity index (χ3v) is 5.37. The summed E-state index contributed by atoms with van der Waals surface area (Å²) in [7, 11) is 1.71. The van der Waals surface area contributed by atoms with Gasteiger partial charge in [0.05, 0.1) is 24.5 Å². The zero-order valence-corrected chi connectivity index (χ0v) is 18.9. The van der Waals surface area contributed by atoms with Crippen LogP contribution in [0, 0.1) is 5.41 Å². The van der Waals surface area contributed by atoms with E-state index >= 15 is 0 Å². The number of carbonyl (C=O) groups is 1. The van der Waals surface area contributed by atoms with Gasteiger partial charge in [0.1, 0.15) is 0 Å². The lowest BCUT2D eigenvalue weighted by Crippen LogP contribution is -2.65. The van der Waals surface area contributed by atoms with Gasteiger partial charge in [0.15, 0.2) is 5.96 Å². The summed E-state index contributed by atoms with van der Waals surface area (Å²) in [5.74, 6) is 0.497. The number of pyridine rings is 1. The first-order chi connectivity index (χ1) is 12.6. The highest BCUT2D eigenvalue weighted by Crippen LogP contribution is 2.48. The van der Waals surface area contributed by atoms with Crippen LogP contribution < -0.4 is 16.0 Å². The number of carbonyl (C=O) groups excluding carboxylic acids is 1. The second-order valence-electron chi connectivity index (χ2n) is 6.53. The van der Waals surface area contributed by atoms with Crippen molar-refractivity contribution in [3.05, 3.63) is 24.5 Å². The Morgan fingerprint density at radius 1 is 1.37 bits per heavy atom. The minimum absolute atomic E-state index is 0. The van der Waals surface area contributed by atoms with E-state index in [4.69, 9.17) is 4.74 Å². The SMILES string of the molecule is CCOC1CC(NC(=NC)NCC(=O)Nc2cccnc2)C1(CC)CC.I. The summed E-state index contributed by atoms with van der Waals surface area (Å²) in [4.78, 5) is 20.3. The van der Waals surface area contributed by atoms with Crippen LogP contribution in [-0.4, -0.2) is 49.2 Å². The number of amides is 1. The van der Waals surface area contributed by atoms with E-state index in [0.717, 1.165) is 25.9 Å². The van der Waals surface area contributed by atoms with E-state index < -0.39 is 0 Å². The molecule has 152 valence electrons. The molecule has 0 aromatic carbocycles. The normalized spacial score (nSPS) is 20.8. The number of halogens is 1. The van der Waals surface area contributed by atoms with Gasteiger partial charge in [0.25, 0.3) is 0 Å². The molecule has 1 saturated carbocycles. The van der Waals surface area contributed by atoms with Crippen molar-refractivity contribution in [1.82, 2.24) is 15.6 Å². The molecule has 1 aromatic heterocycles. The summed E-state index contributed by atoms with van der Waals surface area (Å²) < 4.78 is 5.92. The topological polar surface area (TPSA) is 87.6 Å². The Hall–Kier alpha value is -1.42. The number of aromatic nitrogens is 1. The first-order valence-corrected chi connectivity index (χ1v) is 9.38. The van der Waals surface area contributed by atoms with Crippen molar-refractivity contribution in [1.29, 1.82) is 0 Å². The number of nitrogens with zero attached hydrogens (tertiary/aromatic N) is 2. The van der Waals surface area contributed by atoms with Gasteiger partial charge in [-0.05, 0) is 38.3 Å². The summed E-state index contributed by atoms with van der Waals surface area (Å²) in [6.45, 7) is 7.34. The van der Waals surface area contributed by atoms with Crippen molar-refractivity contribution in [3.8, 4) is 0 Å². The molecule has 1 aromatic rings. The second-order valence-corrected chi connectivity index (χ2v) is 6.53. The molecular weight excluding hydrogens is 457 g/mol. The summed E-state index contributed by atoms with van der Waals surface area (Å²) in [6, 6.07) is 3.88. The lowest BCUT2D eigenvalue weighted by Gasteiger charge is -2.55. The molecule has 0 saturated heterocycles. The van der Waals surface area contributed by atoms with E-state index in [1.807, 2.05) is 6.92 Å². The molecule has 0 aliphatic heterocycles. The van der Waals surface area contributed by atoms with E-state index in [9.17, 15) is 4.79 Å². The Labute approximate surface area is 179 Å². The molecule has 1 aliphatic carbocycles. The van der Waals surface area contributed by atoms with Crippen molar-refractivity contribution < 1.29 is 9.53 Å². The highest BCUT2D eigenvalue weighted by atomic mass is 127. The monoisotopic (exact) mass is 489 g/mol. The van der Waals surface area contributed by atoms with Gasteiger partial charge in [0, 0.05) is 31.3 Å². The number of guanidine groups is 1. The van der Waals surface area contributed by atoms with Crippen molar-refractivity contribution in [3.63, 3.8) is 0 Å². The summed E-state index contributed by atoms with van der Waals surface area (Å²) in [5, 5.41) is 9.36. The molecule has 0 bridgehead atoms. The Morgan fingerprint density at radius 3 is 2.67 bits per heavy atom. The smallest absolute Gasteiger partial charge is 0.243 e. The minimum Gasteiger partial charge on any atom is -0.378 e. The molecule has 0 radical (unpaired) electrons. The molecule has 1 heterocycles. The third-order valence-electron chi connectivity index (χ3n) is 5.37. The van der Waals surface area contributed by atoms with E-state index in [2.05, 4.69) is 39.8 Å². The van der Waals surface area contributed by atoms with Crippen LogP contribution >= 0.6 is 24.0 Å². The second kappa shape index (κ2) is 11.4. The van der Waals surface area contributed by atoms with Gasteiger partial charge < -0.3 is 20.7 Å². The first-order valence-electron chi connectivity index (χ1n) is 9.38. The van der Waals surface area contributed by atoms with E-state index in [1.54, 1.807) is 31.6 Å². The molecule has 2 atom stereocenters. The van der Waals surface area contributed by atoms with Crippen molar-refractivity contribution in [2.24, 2.45) is 10.4 Å². The molecule has 1 aliphatic rings. The highest BCUT2D eigenvalue weighted by molar-refractivity contribution is 14.0. The zero-order valence-electron chi connectivity index (χ0n) is 16.6. The summed E-state index contributed by atoms with van der Waals surface area (Å²) >= 11 is 0. The molecule has 7 nitrogen and oxygen atoms in total. The maximum Gasteiger partial charge on any atom is 0.243 e. The Morgan fingerprint density at radius 2 is 2.11 bits per heavy atom. The van der Waals surface area contributed by atoms with Crippen LogP contribution in [0.1, 0.15) is 40.0 Å². The number of rotatable bonds is 8. The van der Waals surface area contributed by atoms with Crippen LogP contribution in [0.3, 0.4) is 0 Å². The maximum atomic E-state index is 12.1. The van der Waals surface area contributed by atoms with Crippen LogP contribution in [0.15, 0.2) is 29.5 Å². The fourth-order valence-electron chi connectivity index (χ4n) is 3.75. The number of anilines is 1. The van der Waals surface area contributed by atoms with Crippen molar-refractivity contribution in [2.45, 2.75) is 52.2 Å². The van der Waals surface area contributed by atoms with Gasteiger partial charge in [-0.1, -0.05) is 13.8 Å². The van der Waals surface area contributed by atoms with Crippen molar-refractivity contribution >= 4 is 41.5 Å². The lowest BCUT2D eigenvalue weighted by molar-refractivity contribution is -0.133. The standard InChI is InChI=1S/C19H31N5O2.HI/c1-5-19(6-2)15(11-16(19)26-7-3)24-18(20-4)22-13-17(25)23-14-9-8-10-21-12-14;/h8-10,12,15-16H,5-7,11,13H2,1-4H3,(H,23,25)(H2,20,22,24);1H. The molecule has 27 heavy (non-hydrogen) atoms. The molecule has 2 unspecified atom stereocenters. The fraction of sp³-hybridized carbons (Fsp3) is 0.632. The van der Waals surface area contributed by atoms with Crippen molar-refractivity contribution in [2.75, 3.05) is 25.5 Å². The molecule has 1 fully saturated rings. The summed E-state index contributed by atoms with van der Waals surface area (Å²) in [5.41, 5.74) is 0.794. The average Bonchev–Trinajstić information content (AvgIpc) is 2.65. The average molecular weight is 489 g/mol. The van der Waals surface area contributed by atoms with Crippen LogP contribution in [0.4, 0.5) is 5.69 Å². The zero-order chi connectivity index (χ0) is 19.0. The predicted octanol–water partition coefficient (Wildman–Crippen LogP) is 2.79. The van der Waals surface area contributed by atoms with Crippen LogP contribution in [0.25, 0.3) is 0 Å². The number of hydrogen-bond acceptors (Lipinski definition) is 4. The molecular formula is C19H32IN5O2. The van der Waals surface area contributed by atoms with E-state index in [0.29, 0.717) is 17.7 Å². The quantitative estimate of drug-likeness (QED) is 0.297. The van der Waals surface area contributed by atoms with Gasteiger partial charge in [-0.3, -0.25) is 14.8 Å². The Kier molecular flexibility index (Phi) is 10.00. The molecule has 1 amide bonds. The van der Waals surface area contributed by atoms with Gasteiger partial charge in [-0.25, -0.2) is 0 Å². The van der Waals surface area contributed by atoms with Gasteiger partial charge >= 0.3 is 0 Å². The fourth-order valence-corrected chi connectivity index (χ4v) is 3.75. The van der Waals surface area contributed by atoms with Crippen LogP contribution in [0.2, 0.25) is 0 Å². The number of nitrogens with one attached hydrogen (secondary N) is 3. The molecule has 8 heteroatoms. The number of hydrogen-bond donors (Lipinski definition) is 3. The summed E-state index contributed by atoms with van der Waals surface area (Å²) in [6.07, 6.45) is 6.62. The van der Waals surface area contributed by atoms with Gasteiger partial charge in [-0.2, -0.15) is 0 Å². The third kappa shape index (κ3) is 5.78. The van der Waals surface area contributed by atoms with Crippen LogP contribution in [0.5, 0.6) is 0 Å². The largest absolute Gasteiger partial charge is 0.378 e.